The van der Waals surface area contributed by atoms with Gasteiger partial charge in [-0.05, 0) is 24.6 Å². The van der Waals surface area contributed by atoms with E-state index in [1.54, 1.807) is 29.3 Å². The third kappa shape index (κ3) is 4.04. The van der Waals surface area contributed by atoms with E-state index < -0.39 is 10.8 Å². The summed E-state index contributed by atoms with van der Waals surface area (Å²) in [6.45, 7) is 1.22. The molecule has 0 aliphatic rings. The summed E-state index contributed by atoms with van der Waals surface area (Å²) < 4.78 is 18.7. The lowest BCUT2D eigenvalue weighted by Gasteiger charge is -2.07. The lowest BCUT2D eigenvalue weighted by atomic mass is 10.3. The molecule has 0 N–H and O–H groups in total. The zero-order chi connectivity index (χ0) is 13.7. The molecule has 0 bridgehead atoms. The van der Waals surface area contributed by atoms with Crippen LogP contribution in [0.1, 0.15) is 6.42 Å². The van der Waals surface area contributed by atoms with Crippen LogP contribution in [0.4, 0.5) is 0 Å². The van der Waals surface area contributed by atoms with E-state index >= 15 is 0 Å². The highest BCUT2D eigenvalue weighted by Crippen LogP contribution is 2.17. The number of aromatic nitrogens is 3. The Balaban J connectivity index is 1.81. The highest BCUT2D eigenvalue weighted by molar-refractivity contribution is 7.84. The molecular formula is C12H14ClN3O2S. The lowest BCUT2D eigenvalue weighted by molar-refractivity contribution is 0.299. The Morgan fingerprint density at radius 3 is 3.05 bits per heavy atom. The summed E-state index contributed by atoms with van der Waals surface area (Å²) in [6, 6.07) is 7.27. The van der Waals surface area contributed by atoms with Crippen LogP contribution in [0.15, 0.2) is 35.7 Å². The largest absolute Gasteiger partial charge is 0.493 e. The first-order chi connectivity index (χ1) is 9.16. The molecule has 0 amide bonds. The van der Waals surface area contributed by atoms with Crippen LogP contribution in [-0.4, -0.2) is 31.8 Å². The van der Waals surface area contributed by atoms with E-state index in [4.69, 9.17) is 16.3 Å². The molecular weight excluding hydrogens is 286 g/mol. The Kier molecular flexibility index (Phi) is 4.93. The van der Waals surface area contributed by atoms with Gasteiger partial charge in [0.2, 0.25) is 5.16 Å². The first-order valence-electron chi connectivity index (χ1n) is 5.76. The van der Waals surface area contributed by atoms with Crippen LogP contribution in [-0.2, 0) is 17.3 Å². The first kappa shape index (κ1) is 14.0. The van der Waals surface area contributed by atoms with E-state index in [1.165, 1.54) is 0 Å². The van der Waals surface area contributed by atoms with Crippen molar-refractivity contribution < 1.29 is 8.95 Å². The van der Waals surface area contributed by atoms with Crippen molar-refractivity contribution in [2.24, 2.45) is 0 Å². The van der Waals surface area contributed by atoms with Gasteiger partial charge in [0.25, 0.3) is 0 Å². The van der Waals surface area contributed by atoms with Gasteiger partial charge < -0.3 is 9.30 Å². The number of hydrogen-bond donors (Lipinski definition) is 0. The molecule has 1 aromatic carbocycles. The number of aryl methyl sites for hydroxylation is 1. The third-order valence-corrected chi connectivity index (χ3v) is 3.51. The van der Waals surface area contributed by atoms with Gasteiger partial charge in [-0.3, -0.25) is 4.21 Å². The van der Waals surface area contributed by atoms with E-state index in [2.05, 4.69) is 10.2 Å². The standard InChI is InChI=1S/C12H14ClN3O2S/c1-19(17)12-15-14-9-16(12)6-3-7-18-11-5-2-4-10(13)8-11/h2,4-5,8-9H,3,6-7H2,1H3/t19-/m0/s1. The molecule has 102 valence electrons. The summed E-state index contributed by atoms with van der Waals surface area (Å²) in [5.41, 5.74) is 0. The van der Waals surface area contributed by atoms with Crippen LogP contribution in [0.3, 0.4) is 0 Å². The molecule has 0 fully saturated rings. The van der Waals surface area contributed by atoms with Gasteiger partial charge in [0.05, 0.1) is 17.4 Å². The molecule has 0 saturated heterocycles. The maximum atomic E-state index is 11.4. The number of nitrogens with zero attached hydrogens (tertiary/aromatic N) is 3. The van der Waals surface area contributed by atoms with Gasteiger partial charge in [0, 0.05) is 17.8 Å². The molecule has 0 spiro atoms. The van der Waals surface area contributed by atoms with Gasteiger partial charge in [-0.2, -0.15) is 0 Å². The third-order valence-electron chi connectivity index (χ3n) is 2.45. The highest BCUT2D eigenvalue weighted by atomic mass is 35.5. The predicted molar refractivity (Wildman–Crippen MR) is 73.9 cm³/mol. The SMILES string of the molecule is C[S@](=O)c1nncn1CCCOc1cccc(Cl)c1. The predicted octanol–water partition coefficient (Wildman–Crippen LogP) is 2.14. The van der Waals surface area contributed by atoms with E-state index in [0.717, 1.165) is 12.2 Å². The van der Waals surface area contributed by atoms with E-state index in [0.29, 0.717) is 23.3 Å². The minimum absolute atomic E-state index is 0.489. The molecule has 0 aliphatic heterocycles. The van der Waals surface area contributed by atoms with Crippen LogP contribution in [0.2, 0.25) is 5.02 Å². The average molecular weight is 300 g/mol. The van der Waals surface area contributed by atoms with Crippen molar-refractivity contribution in [3.8, 4) is 5.75 Å². The lowest BCUT2D eigenvalue weighted by Crippen LogP contribution is -2.07. The number of halogens is 1. The van der Waals surface area contributed by atoms with Crippen LogP contribution in [0.25, 0.3) is 0 Å². The van der Waals surface area contributed by atoms with Gasteiger partial charge in [0.1, 0.15) is 12.1 Å². The van der Waals surface area contributed by atoms with E-state index in [9.17, 15) is 4.21 Å². The normalized spacial score (nSPS) is 12.3. The Morgan fingerprint density at radius 1 is 1.47 bits per heavy atom. The molecule has 7 heteroatoms. The Morgan fingerprint density at radius 2 is 2.32 bits per heavy atom. The van der Waals surface area contributed by atoms with Gasteiger partial charge in [-0.25, -0.2) is 0 Å². The zero-order valence-corrected chi connectivity index (χ0v) is 12.0. The van der Waals surface area contributed by atoms with Crippen molar-refractivity contribution in [3.63, 3.8) is 0 Å². The summed E-state index contributed by atoms with van der Waals surface area (Å²) in [6.07, 6.45) is 3.94. The molecule has 0 unspecified atom stereocenters. The molecule has 1 heterocycles. The van der Waals surface area contributed by atoms with E-state index in [1.807, 2.05) is 12.1 Å². The number of benzene rings is 1. The van der Waals surface area contributed by atoms with Gasteiger partial charge in [-0.1, -0.05) is 17.7 Å². The zero-order valence-electron chi connectivity index (χ0n) is 10.5. The van der Waals surface area contributed by atoms with Crippen LogP contribution >= 0.6 is 11.6 Å². The molecule has 1 atom stereocenters. The first-order valence-corrected chi connectivity index (χ1v) is 7.70. The summed E-state index contributed by atoms with van der Waals surface area (Å²) in [5.74, 6) is 0.746. The van der Waals surface area contributed by atoms with Crippen LogP contribution in [0.5, 0.6) is 5.75 Å². The van der Waals surface area contributed by atoms with Crippen LogP contribution in [0, 0.1) is 0 Å². The smallest absolute Gasteiger partial charge is 0.221 e. The fourth-order valence-corrected chi connectivity index (χ4v) is 2.41. The summed E-state index contributed by atoms with van der Waals surface area (Å²) >= 11 is 5.86. The monoisotopic (exact) mass is 299 g/mol. The Labute approximate surface area is 119 Å². The van der Waals surface area contributed by atoms with Crippen molar-refractivity contribution in [1.82, 2.24) is 14.8 Å². The maximum Gasteiger partial charge on any atom is 0.221 e. The Bertz CT molecular complexity index is 574. The number of hydrogen-bond acceptors (Lipinski definition) is 4. The molecule has 2 rings (SSSR count). The van der Waals surface area contributed by atoms with Gasteiger partial charge in [-0.15, -0.1) is 10.2 Å². The van der Waals surface area contributed by atoms with Crippen LogP contribution < -0.4 is 4.74 Å². The second kappa shape index (κ2) is 6.68. The minimum Gasteiger partial charge on any atom is -0.493 e. The van der Waals surface area contributed by atoms with Gasteiger partial charge >= 0.3 is 0 Å². The topological polar surface area (TPSA) is 57.0 Å². The highest BCUT2D eigenvalue weighted by Gasteiger charge is 2.07. The molecule has 0 radical (unpaired) electrons. The fourth-order valence-electron chi connectivity index (χ4n) is 1.60. The second-order valence-electron chi connectivity index (χ2n) is 3.92. The summed E-state index contributed by atoms with van der Waals surface area (Å²) in [4.78, 5) is 0. The molecule has 2 aromatic rings. The molecule has 5 nitrogen and oxygen atoms in total. The number of rotatable bonds is 6. The maximum absolute atomic E-state index is 11.4. The van der Waals surface area contributed by atoms with Crippen molar-refractivity contribution in [2.75, 3.05) is 12.9 Å². The van der Waals surface area contributed by atoms with E-state index in [-0.39, 0.29) is 0 Å². The average Bonchev–Trinajstić information content (AvgIpc) is 2.83. The van der Waals surface area contributed by atoms with Crippen molar-refractivity contribution in [3.05, 3.63) is 35.6 Å². The molecule has 0 saturated carbocycles. The summed E-state index contributed by atoms with van der Waals surface area (Å²) in [7, 11) is -1.12. The van der Waals surface area contributed by atoms with Crippen molar-refractivity contribution in [2.45, 2.75) is 18.1 Å². The summed E-state index contributed by atoms with van der Waals surface area (Å²) in [5, 5.41) is 8.71. The molecule has 19 heavy (non-hydrogen) atoms. The quantitative estimate of drug-likeness (QED) is 0.767. The second-order valence-corrected chi connectivity index (χ2v) is 5.63. The fraction of sp³-hybridized carbons (Fsp3) is 0.333. The van der Waals surface area contributed by atoms with Gasteiger partial charge in [0.15, 0.2) is 0 Å². The molecule has 0 aliphatic carbocycles. The van der Waals surface area contributed by atoms with Crippen molar-refractivity contribution >= 4 is 22.4 Å². The van der Waals surface area contributed by atoms with Crippen molar-refractivity contribution in [1.29, 1.82) is 0 Å². The Hall–Kier alpha value is -1.40. The molecule has 1 aromatic heterocycles. The number of ether oxygens (including phenoxy) is 1. The minimum atomic E-state index is -1.12.